The molecule has 5 nitrogen and oxygen atoms in total. The Kier molecular flexibility index (Phi) is 5.19. The van der Waals surface area contributed by atoms with E-state index < -0.39 is 0 Å². The molecule has 0 aliphatic carbocycles. The third-order valence-corrected chi connectivity index (χ3v) is 4.66. The lowest BCUT2D eigenvalue weighted by Gasteiger charge is -2.10. The molecule has 130 valence electrons. The molecule has 0 saturated heterocycles. The summed E-state index contributed by atoms with van der Waals surface area (Å²) >= 11 is 1.59. The van der Waals surface area contributed by atoms with E-state index in [-0.39, 0.29) is 24.1 Å². The second-order valence-electron chi connectivity index (χ2n) is 5.98. The van der Waals surface area contributed by atoms with Crippen molar-refractivity contribution < 1.29 is 13.9 Å². The number of benzene rings is 1. The Morgan fingerprint density at radius 3 is 2.84 bits per heavy atom. The van der Waals surface area contributed by atoms with Crippen LogP contribution in [0, 0.1) is 0 Å². The first kappa shape index (κ1) is 17.2. The van der Waals surface area contributed by atoms with Crippen molar-refractivity contribution in [3.05, 3.63) is 62.6 Å². The minimum atomic E-state index is -0.387. The van der Waals surface area contributed by atoms with Crippen molar-refractivity contribution in [2.24, 2.45) is 0 Å². The molecule has 1 amide bonds. The van der Waals surface area contributed by atoms with Gasteiger partial charge in [0.15, 0.2) is 6.61 Å². The smallest absolute Gasteiger partial charge is 0.336 e. The van der Waals surface area contributed by atoms with Gasteiger partial charge in [-0.2, -0.15) is 0 Å². The van der Waals surface area contributed by atoms with Crippen LogP contribution < -0.4 is 15.7 Å². The fourth-order valence-electron chi connectivity index (χ4n) is 2.53. The van der Waals surface area contributed by atoms with Gasteiger partial charge in [0, 0.05) is 22.4 Å². The maximum Gasteiger partial charge on any atom is 0.336 e. The summed E-state index contributed by atoms with van der Waals surface area (Å²) in [5.74, 6) is 0.495. The van der Waals surface area contributed by atoms with Crippen LogP contribution in [0.3, 0.4) is 0 Å². The minimum absolute atomic E-state index is 0.0923. The van der Waals surface area contributed by atoms with Crippen LogP contribution in [-0.2, 0) is 11.3 Å². The lowest BCUT2D eigenvalue weighted by Crippen LogP contribution is -2.28. The van der Waals surface area contributed by atoms with Gasteiger partial charge >= 0.3 is 5.63 Å². The van der Waals surface area contributed by atoms with Crippen LogP contribution in [0.1, 0.15) is 30.2 Å². The summed E-state index contributed by atoms with van der Waals surface area (Å²) in [7, 11) is 0. The SMILES string of the molecule is CC(C)c1cc(=O)oc2cc(OCC(=O)NCc3cccs3)ccc12. The number of nitrogens with one attached hydrogen (secondary N) is 1. The number of carbonyl (C=O) groups excluding carboxylic acids is 1. The van der Waals surface area contributed by atoms with Crippen molar-refractivity contribution in [2.75, 3.05) is 6.61 Å². The second kappa shape index (κ2) is 7.53. The number of amides is 1. The monoisotopic (exact) mass is 357 g/mol. The Hall–Kier alpha value is -2.60. The third-order valence-electron chi connectivity index (χ3n) is 3.78. The zero-order valence-electron chi connectivity index (χ0n) is 14.1. The van der Waals surface area contributed by atoms with Crippen LogP contribution in [0.5, 0.6) is 5.75 Å². The first-order chi connectivity index (χ1) is 12.0. The van der Waals surface area contributed by atoms with Crippen LogP contribution in [-0.4, -0.2) is 12.5 Å². The van der Waals surface area contributed by atoms with Crippen molar-refractivity contribution in [3.63, 3.8) is 0 Å². The number of carbonyl (C=O) groups is 1. The number of fused-ring (bicyclic) bond motifs is 1. The Morgan fingerprint density at radius 2 is 2.12 bits per heavy atom. The lowest BCUT2D eigenvalue weighted by atomic mass is 10.00. The van der Waals surface area contributed by atoms with Gasteiger partial charge in [-0.25, -0.2) is 4.79 Å². The average molecular weight is 357 g/mol. The number of rotatable bonds is 6. The molecule has 1 aromatic carbocycles. The highest BCUT2D eigenvalue weighted by Gasteiger charge is 2.10. The van der Waals surface area contributed by atoms with Gasteiger partial charge in [0.1, 0.15) is 11.3 Å². The molecule has 0 fully saturated rings. The van der Waals surface area contributed by atoms with E-state index in [1.165, 1.54) is 6.07 Å². The number of hydrogen-bond acceptors (Lipinski definition) is 5. The van der Waals surface area contributed by atoms with Crippen LogP contribution in [0.4, 0.5) is 0 Å². The summed E-state index contributed by atoms with van der Waals surface area (Å²) in [6.07, 6.45) is 0. The molecule has 2 aromatic heterocycles. The Balaban J connectivity index is 1.67. The average Bonchev–Trinajstić information content (AvgIpc) is 3.10. The van der Waals surface area contributed by atoms with Crippen LogP contribution >= 0.6 is 11.3 Å². The molecule has 0 unspecified atom stereocenters. The van der Waals surface area contributed by atoms with Gasteiger partial charge < -0.3 is 14.5 Å². The highest BCUT2D eigenvalue weighted by Crippen LogP contribution is 2.26. The topological polar surface area (TPSA) is 68.5 Å². The molecule has 6 heteroatoms. The molecule has 0 radical (unpaired) electrons. The fraction of sp³-hybridized carbons (Fsp3) is 0.263. The molecule has 0 aliphatic rings. The quantitative estimate of drug-likeness (QED) is 0.684. The lowest BCUT2D eigenvalue weighted by molar-refractivity contribution is -0.123. The van der Waals surface area contributed by atoms with E-state index in [0.717, 1.165) is 15.8 Å². The predicted molar refractivity (Wildman–Crippen MR) is 98.2 cm³/mol. The molecule has 0 bridgehead atoms. The molecule has 25 heavy (non-hydrogen) atoms. The molecule has 0 spiro atoms. The maximum atomic E-state index is 11.9. The van der Waals surface area contributed by atoms with E-state index in [0.29, 0.717) is 17.9 Å². The molecular weight excluding hydrogens is 338 g/mol. The molecule has 0 atom stereocenters. The second-order valence-corrected chi connectivity index (χ2v) is 7.01. The molecular formula is C19H19NO4S. The Morgan fingerprint density at radius 1 is 1.28 bits per heavy atom. The summed E-state index contributed by atoms with van der Waals surface area (Å²) < 4.78 is 10.8. The van der Waals surface area contributed by atoms with Gasteiger partial charge in [0.2, 0.25) is 0 Å². The first-order valence-corrected chi connectivity index (χ1v) is 8.90. The molecule has 0 saturated carbocycles. The highest BCUT2D eigenvalue weighted by atomic mass is 32.1. The maximum absolute atomic E-state index is 11.9. The number of hydrogen-bond donors (Lipinski definition) is 1. The summed E-state index contributed by atoms with van der Waals surface area (Å²) in [4.78, 5) is 24.7. The van der Waals surface area contributed by atoms with E-state index in [1.54, 1.807) is 23.5 Å². The third kappa shape index (κ3) is 4.28. The van der Waals surface area contributed by atoms with Gasteiger partial charge in [-0.05, 0) is 35.1 Å². The normalized spacial score (nSPS) is 11.0. The zero-order chi connectivity index (χ0) is 17.8. The Bertz CT molecular complexity index is 928. The van der Waals surface area contributed by atoms with Gasteiger partial charge in [-0.1, -0.05) is 19.9 Å². The van der Waals surface area contributed by atoms with Crippen LogP contribution in [0.15, 0.2) is 51.0 Å². The molecule has 3 aromatic rings. The van der Waals surface area contributed by atoms with Gasteiger partial charge in [-0.3, -0.25) is 4.79 Å². The highest BCUT2D eigenvalue weighted by molar-refractivity contribution is 7.09. The van der Waals surface area contributed by atoms with Crippen molar-refractivity contribution in [3.8, 4) is 5.75 Å². The van der Waals surface area contributed by atoms with Crippen molar-refractivity contribution in [1.82, 2.24) is 5.32 Å². The fourth-order valence-corrected chi connectivity index (χ4v) is 3.18. The Labute approximate surface area is 149 Å². The zero-order valence-corrected chi connectivity index (χ0v) is 14.9. The molecule has 3 rings (SSSR count). The van der Waals surface area contributed by atoms with Crippen molar-refractivity contribution >= 4 is 28.2 Å². The van der Waals surface area contributed by atoms with Gasteiger partial charge in [-0.15, -0.1) is 11.3 Å². The van der Waals surface area contributed by atoms with Crippen LogP contribution in [0.25, 0.3) is 11.0 Å². The van der Waals surface area contributed by atoms with E-state index in [4.69, 9.17) is 9.15 Å². The first-order valence-electron chi connectivity index (χ1n) is 8.02. The van der Waals surface area contributed by atoms with Crippen molar-refractivity contribution in [2.45, 2.75) is 26.3 Å². The van der Waals surface area contributed by atoms with E-state index >= 15 is 0 Å². The van der Waals surface area contributed by atoms with Crippen molar-refractivity contribution in [1.29, 1.82) is 0 Å². The summed E-state index contributed by atoms with van der Waals surface area (Å²) in [5.41, 5.74) is 1.02. The van der Waals surface area contributed by atoms with Gasteiger partial charge in [0.05, 0.1) is 6.54 Å². The summed E-state index contributed by atoms with van der Waals surface area (Å²) in [6.45, 7) is 4.45. The van der Waals surface area contributed by atoms with E-state index in [9.17, 15) is 9.59 Å². The predicted octanol–water partition coefficient (Wildman–Crippen LogP) is 3.67. The largest absolute Gasteiger partial charge is 0.484 e. The van der Waals surface area contributed by atoms with E-state index in [1.807, 2.05) is 37.4 Å². The number of ether oxygens (including phenoxy) is 1. The summed E-state index contributed by atoms with van der Waals surface area (Å²) in [5, 5.41) is 5.64. The van der Waals surface area contributed by atoms with Crippen LogP contribution in [0.2, 0.25) is 0 Å². The van der Waals surface area contributed by atoms with Gasteiger partial charge in [0.25, 0.3) is 5.91 Å². The van der Waals surface area contributed by atoms with E-state index in [2.05, 4.69) is 5.32 Å². The minimum Gasteiger partial charge on any atom is -0.484 e. The molecule has 2 heterocycles. The molecule has 1 N–H and O–H groups in total. The number of thiophene rings is 1. The summed E-state index contributed by atoms with van der Waals surface area (Å²) in [6, 6.07) is 10.7. The molecule has 0 aliphatic heterocycles. The standard InChI is InChI=1S/C19H19NO4S/c1-12(2)16-9-19(22)24-17-8-13(5-6-15(16)17)23-11-18(21)20-10-14-4-3-7-25-14/h3-9,12H,10-11H2,1-2H3,(H,20,21).